The molecule has 17 heteroatoms. The van der Waals surface area contributed by atoms with Gasteiger partial charge >= 0.3 is 13.7 Å². The van der Waals surface area contributed by atoms with E-state index in [9.17, 15) is 19.6 Å². The maximum atomic E-state index is 14.2. The van der Waals surface area contributed by atoms with Crippen LogP contribution in [0.1, 0.15) is 52.7 Å². The fourth-order valence-corrected chi connectivity index (χ4v) is 7.03. The van der Waals surface area contributed by atoms with Crippen molar-refractivity contribution in [3.63, 3.8) is 0 Å². The lowest BCUT2D eigenvalue weighted by molar-refractivity contribution is -0.155. The quantitative estimate of drug-likeness (QED) is 0.102. The molecule has 0 spiro atoms. The summed E-state index contributed by atoms with van der Waals surface area (Å²) in [5.74, 6) is 5.73. The third-order valence-corrected chi connectivity index (χ3v) is 9.66. The number of imidazole rings is 1. The minimum atomic E-state index is -4.36. The van der Waals surface area contributed by atoms with Crippen molar-refractivity contribution in [2.45, 2.75) is 82.1 Å². The first kappa shape index (κ1) is 32.5. The number of hydrogen-bond acceptors (Lipinski definition) is 13. The lowest BCUT2D eigenvalue weighted by Crippen LogP contribution is -2.48. The summed E-state index contributed by atoms with van der Waals surface area (Å²) in [6.45, 7) is 3.89. The van der Waals surface area contributed by atoms with Gasteiger partial charge in [0, 0.05) is 12.1 Å². The van der Waals surface area contributed by atoms with E-state index in [1.807, 2.05) is 0 Å². The maximum Gasteiger partial charge on any atom is 0.459 e. The standard InChI is InChI=1S/C27H37ClN7O8P/c1-26(2,25(37)41-17-7-5-6-8-17)33-44(39,43-18-11-9-16(28)10-12-18)40-13-19-21(36)27(3,38)24(42-19)35-15-32-20-22(34(4)29)30-14-31-23(20)35/h9-12,14-15,17,19,21,24,36,38H,5-8,13,29H2,1-4H3,(H,33,39)/t19?,21-,24?,27-,44?/m1/s1. The minimum absolute atomic E-state index is 0.146. The van der Waals surface area contributed by atoms with Crippen LogP contribution in [0.15, 0.2) is 36.9 Å². The molecular weight excluding hydrogens is 617 g/mol. The number of benzene rings is 1. The van der Waals surface area contributed by atoms with Gasteiger partial charge in [-0.05, 0) is 70.7 Å². The van der Waals surface area contributed by atoms with Crippen LogP contribution in [0.5, 0.6) is 5.75 Å². The summed E-state index contributed by atoms with van der Waals surface area (Å²) < 4.78 is 38.9. The van der Waals surface area contributed by atoms with Crippen LogP contribution < -0.4 is 20.5 Å². The van der Waals surface area contributed by atoms with Crippen molar-refractivity contribution in [1.82, 2.24) is 24.6 Å². The van der Waals surface area contributed by atoms with Crippen LogP contribution in [0, 0.1) is 0 Å². The zero-order valence-corrected chi connectivity index (χ0v) is 26.4. The molecule has 1 aromatic carbocycles. The van der Waals surface area contributed by atoms with Gasteiger partial charge in [0.05, 0.1) is 12.9 Å². The second kappa shape index (κ2) is 12.5. The molecule has 2 aromatic heterocycles. The molecule has 1 aliphatic carbocycles. The highest BCUT2D eigenvalue weighted by molar-refractivity contribution is 7.52. The molecule has 1 saturated carbocycles. The highest BCUT2D eigenvalue weighted by Crippen LogP contribution is 2.48. The molecular formula is C27H37ClN7O8P. The smallest absolute Gasteiger partial charge is 0.459 e. The average Bonchev–Trinajstić information content (AvgIpc) is 3.68. The fraction of sp³-hybridized carbons (Fsp3) is 0.556. The maximum absolute atomic E-state index is 14.2. The van der Waals surface area contributed by atoms with Gasteiger partial charge in [-0.3, -0.25) is 18.9 Å². The number of fused-ring (bicyclic) bond motifs is 1. The first-order chi connectivity index (χ1) is 20.7. The summed E-state index contributed by atoms with van der Waals surface area (Å²) in [5, 5.41) is 26.9. The number of nitrogens with two attached hydrogens (primary N) is 1. The Balaban J connectivity index is 1.36. The Hall–Kier alpha value is -2.88. The van der Waals surface area contributed by atoms with Crippen molar-refractivity contribution in [3.8, 4) is 5.75 Å². The molecule has 15 nitrogen and oxygen atoms in total. The number of carbonyl (C=O) groups excluding carboxylic acids is 1. The van der Waals surface area contributed by atoms with E-state index in [0.29, 0.717) is 22.0 Å². The Morgan fingerprint density at radius 3 is 2.61 bits per heavy atom. The van der Waals surface area contributed by atoms with Crippen LogP contribution in [0.3, 0.4) is 0 Å². The van der Waals surface area contributed by atoms with Gasteiger partial charge in [-0.25, -0.2) is 25.4 Å². The summed E-state index contributed by atoms with van der Waals surface area (Å²) >= 11 is 5.99. The summed E-state index contributed by atoms with van der Waals surface area (Å²) in [7, 11) is -2.77. The van der Waals surface area contributed by atoms with E-state index in [1.54, 1.807) is 19.2 Å². The Bertz CT molecular complexity index is 1530. The number of aromatic nitrogens is 4. The van der Waals surface area contributed by atoms with E-state index in [4.69, 9.17) is 36.0 Å². The number of carbonyl (C=O) groups is 1. The lowest BCUT2D eigenvalue weighted by atomic mass is 9.96. The summed E-state index contributed by atoms with van der Waals surface area (Å²) in [6, 6.07) is 6.06. The molecule has 1 aliphatic heterocycles. The molecule has 3 unspecified atom stereocenters. The van der Waals surface area contributed by atoms with Crippen LogP contribution in [-0.4, -0.2) is 78.8 Å². The Morgan fingerprint density at radius 2 is 1.95 bits per heavy atom. The van der Waals surface area contributed by atoms with Crippen LogP contribution in [-0.2, 0) is 23.4 Å². The number of hydrazine groups is 1. The molecule has 44 heavy (non-hydrogen) atoms. The van der Waals surface area contributed by atoms with Gasteiger partial charge in [0.15, 0.2) is 23.2 Å². The lowest BCUT2D eigenvalue weighted by Gasteiger charge is -2.31. The van der Waals surface area contributed by atoms with Gasteiger partial charge in [0.25, 0.3) is 0 Å². The highest BCUT2D eigenvalue weighted by Gasteiger charge is 2.54. The number of hydrogen-bond donors (Lipinski definition) is 4. The van der Waals surface area contributed by atoms with Gasteiger partial charge in [-0.1, -0.05) is 11.6 Å². The zero-order valence-electron chi connectivity index (χ0n) is 24.8. The summed E-state index contributed by atoms with van der Waals surface area (Å²) in [6.07, 6.45) is 2.04. The number of nitrogens with one attached hydrogen (secondary N) is 1. The van der Waals surface area contributed by atoms with E-state index in [1.165, 1.54) is 55.1 Å². The number of anilines is 1. The first-order valence-electron chi connectivity index (χ1n) is 14.1. The number of nitrogens with zero attached hydrogens (tertiary/aromatic N) is 5. The predicted octanol–water partition coefficient (Wildman–Crippen LogP) is 2.86. The number of rotatable bonds is 11. The van der Waals surface area contributed by atoms with E-state index >= 15 is 0 Å². The molecule has 0 amide bonds. The average molecular weight is 654 g/mol. The normalized spacial score (nSPS) is 25.7. The van der Waals surface area contributed by atoms with E-state index < -0.39 is 49.9 Å². The Morgan fingerprint density at radius 1 is 1.27 bits per heavy atom. The van der Waals surface area contributed by atoms with Crippen molar-refractivity contribution in [2.75, 3.05) is 18.7 Å². The molecule has 5 N–H and O–H groups in total. The van der Waals surface area contributed by atoms with Crippen LogP contribution >= 0.6 is 19.3 Å². The molecule has 1 saturated heterocycles. The van der Waals surface area contributed by atoms with Crippen molar-refractivity contribution >= 4 is 42.3 Å². The third kappa shape index (κ3) is 6.70. The molecule has 0 bridgehead atoms. The molecule has 5 rings (SSSR count). The first-order valence-corrected chi connectivity index (χ1v) is 16.0. The largest absolute Gasteiger partial charge is 0.461 e. The number of esters is 1. The molecule has 2 fully saturated rings. The molecule has 240 valence electrons. The Kier molecular flexibility index (Phi) is 9.23. The SMILES string of the molecule is CN(N)c1ncnc2c1ncn2C1OC(COP(=O)(NC(C)(C)C(=O)OC2CCCC2)Oc2ccc(Cl)cc2)[C@@H](O)[C@@]1(C)O. The fourth-order valence-electron chi connectivity index (χ4n) is 5.23. The van der Waals surface area contributed by atoms with Gasteiger partial charge in [0.2, 0.25) is 0 Å². The molecule has 3 heterocycles. The minimum Gasteiger partial charge on any atom is -0.461 e. The van der Waals surface area contributed by atoms with Gasteiger partial charge in [0.1, 0.15) is 41.5 Å². The van der Waals surface area contributed by atoms with Crippen LogP contribution in [0.25, 0.3) is 11.2 Å². The highest BCUT2D eigenvalue weighted by atomic mass is 35.5. The molecule has 5 atom stereocenters. The number of aliphatic hydroxyl groups is 2. The van der Waals surface area contributed by atoms with E-state index in [2.05, 4.69) is 20.0 Å². The van der Waals surface area contributed by atoms with Crippen molar-refractivity contribution in [1.29, 1.82) is 0 Å². The number of aliphatic hydroxyl groups excluding tert-OH is 1. The Labute approximate surface area is 259 Å². The van der Waals surface area contributed by atoms with Gasteiger partial charge < -0.3 is 24.2 Å². The van der Waals surface area contributed by atoms with E-state index in [0.717, 1.165) is 25.7 Å². The van der Waals surface area contributed by atoms with Crippen molar-refractivity contribution < 1.29 is 38.1 Å². The van der Waals surface area contributed by atoms with E-state index in [-0.39, 0.29) is 11.9 Å². The number of halogens is 1. The number of ether oxygens (including phenoxy) is 2. The zero-order chi connectivity index (χ0) is 31.9. The second-order valence-electron chi connectivity index (χ2n) is 11.7. The molecule has 3 aromatic rings. The van der Waals surface area contributed by atoms with Gasteiger partial charge in [-0.2, -0.15) is 5.09 Å². The topological polar surface area (TPSA) is 196 Å². The van der Waals surface area contributed by atoms with Crippen LogP contribution in [0.2, 0.25) is 5.02 Å². The second-order valence-corrected chi connectivity index (χ2v) is 13.8. The van der Waals surface area contributed by atoms with Crippen molar-refractivity contribution in [3.05, 3.63) is 41.9 Å². The predicted molar refractivity (Wildman–Crippen MR) is 160 cm³/mol. The summed E-state index contributed by atoms with van der Waals surface area (Å²) in [4.78, 5) is 25.8. The summed E-state index contributed by atoms with van der Waals surface area (Å²) in [5.41, 5.74) is -2.70. The third-order valence-electron chi connectivity index (χ3n) is 7.63. The molecule has 0 radical (unpaired) electrons. The van der Waals surface area contributed by atoms with Crippen LogP contribution in [0.4, 0.5) is 5.82 Å². The molecule has 2 aliphatic rings. The monoisotopic (exact) mass is 653 g/mol. The van der Waals surface area contributed by atoms with Gasteiger partial charge in [-0.15, -0.1) is 0 Å². The van der Waals surface area contributed by atoms with Crippen molar-refractivity contribution in [2.24, 2.45) is 5.84 Å².